The van der Waals surface area contributed by atoms with Crippen LogP contribution in [0.5, 0.6) is 0 Å². The first-order valence-corrected chi connectivity index (χ1v) is 7.84. The molecule has 4 rings (SSSR count). The maximum absolute atomic E-state index is 5.54. The Labute approximate surface area is 125 Å². The summed E-state index contributed by atoms with van der Waals surface area (Å²) in [5.74, 6) is 6.60. The molecule has 1 aromatic carbocycles. The molecule has 0 aromatic heterocycles. The van der Waals surface area contributed by atoms with E-state index in [1.807, 2.05) is 6.21 Å². The Balaban J connectivity index is 1.98. The van der Waals surface area contributed by atoms with Crippen molar-refractivity contribution in [2.75, 3.05) is 0 Å². The largest absolute Gasteiger partial charge is 0.324 e. The third kappa shape index (κ3) is 1.21. The van der Waals surface area contributed by atoms with Gasteiger partial charge in [-0.3, -0.25) is 0 Å². The van der Waals surface area contributed by atoms with Gasteiger partial charge in [0.2, 0.25) is 0 Å². The molecule has 2 fully saturated rings. The lowest BCUT2D eigenvalue weighted by Gasteiger charge is -2.40. The molecule has 0 saturated heterocycles. The van der Waals surface area contributed by atoms with Gasteiger partial charge in [-0.2, -0.15) is 15.3 Å². The number of fused-ring (bicyclic) bond motifs is 5. The number of azo groups is 1. The lowest BCUT2D eigenvalue weighted by molar-refractivity contribution is 0.171. The number of hydrogen-bond acceptors (Lipinski definition) is 4. The zero-order valence-corrected chi connectivity index (χ0v) is 12.7. The molecule has 2 N–H and O–H groups in total. The lowest BCUT2D eigenvalue weighted by Crippen LogP contribution is -2.47. The van der Waals surface area contributed by atoms with Gasteiger partial charge in [0.25, 0.3) is 0 Å². The molecule has 0 amide bonds. The van der Waals surface area contributed by atoms with Crippen molar-refractivity contribution in [2.45, 2.75) is 44.2 Å². The van der Waals surface area contributed by atoms with E-state index in [4.69, 9.17) is 16.1 Å². The van der Waals surface area contributed by atoms with Gasteiger partial charge >= 0.3 is 0 Å². The minimum atomic E-state index is -0.335. The summed E-state index contributed by atoms with van der Waals surface area (Å²) < 4.78 is 0. The van der Waals surface area contributed by atoms with Crippen LogP contribution in [0.2, 0.25) is 0 Å². The van der Waals surface area contributed by atoms with Gasteiger partial charge in [0.15, 0.2) is 0 Å². The van der Waals surface area contributed by atoms with Crippen LogP contribution in [-0.4, -0.2) is 11.8 Å². The summed E-state index contributed by atoms with van der Waals surface area (Å²) in [6.07, 6.45) is 5.55. The van der Waals surface area contributed by atoms with Crippen LogP contribution in [0.1, 0.15) is 38.7 Å². The third-order valence-corrected chi connectivity index (χ3v) is 6.43. The summed E-state index contributed by atoms with van der Waals surface area (Å²) in [5.41, 5.74) is 0.635. The van der Waals surface area contributed by atoms with Crippen molar-refractivity contribution in [1.82, 2.24) is 0 Å². The van der Waals surface area contributed by atoms with E-state index in [0.717, 1.165) is 0 Å². The second-order valence-electron chi connectivity index (χ2n) is 7.20. The molecule has 0 spiro atoms. The first-order valence-electron chi connectivity index (χ1n) is 7.84. The number of hydrogen-bond donors (Lipinski definition) is 1. The van der Waals surface area contributed by atoms with E-state index in [-0.39, 0.29) is 16.5 Å². The molecular formula is C17H22N4. The fourth-order valence-corrected chi connectivity index (χ4v) is 5.50. The molecule has 1 heterocycles. The smallest absolute Gasteiger partial charge is 0.129 e. The predicted molar refractivity (Wildman–Crippen MR) is 83.0 cm³/mol. The van der Waals surface area contributed by atoms with Crippen molar-refractivity contribution in [3.05, 3.63) is 35.9 Å². The highest BCUT2D eigenvalue weighted by Crippen LogP contribution is 2.73. The first-order chi connectivity index (χ1) is 10.1. The molecule has 1 aromatic rings. The molecule has 2 aliphatic carbocycles. The highest BCUT2D eigenvalue weighted by atomic mass is 15.3. The monoisotopic (exact) mass is 282 g/mol. The maximum atomic E-state index is 5.54. The summed E-state index contributed by atoms with van der Waals surface area (Å²) in [7, 11) is 0. The van der Waals surface area contributed by atoms with Crippen molar-refractivity contribution in [3.8, 4) is 0 Å². The van der Waals surface area contributed by atoms with Gasteiger partial charge in [-0.1, -0.05) is 50.6 Å². The first kappa shape index (κ1) is 13.0. The molecule has 4 atom stereocenters. The second-order valence-corrected chi connectivity index (χ2v) is 7.20. The zero-order chi connectivity index (χ0) is 14.7. The maximum Gasteiger partial charge on any atom is 0.129 e. The van der Waals surface area contributed by atoms with E-state index in [2.05, 4.69) is 49.3 Å². The molecule has 1 aliphatic heterocycles. The van der Waals surface area contributed by atoms with Crippen molar-refractivity contribution in [1.29, 1.82) is 0 Å². The standard InChI is InChI=1S/C17H22N4/c1-15(2)16(11-19-18)13-9-6-10-14(13)17(15,21-20-16)12-7-4-3-5-8-12/h3-5,7-8,11,13-14H,6,9-10,18H2,1-2H3/b19-11+/t13-,14+,16-,17+/m1/s1. The Bertz CT molecular complexity index is 621. The molecule has 0 unspecified atom stereocenters. The molecule has 4 nitrogen and oxygen atoms in total. The van der Waals surface area contributed by atoms with E-state index in [1.54, 1.807) is 0 Å². The van der Waals surface area contributed by atoms with Crippen LogP contribution in [0.15, 0.2) is 45.7 Å². The summed E-state index contributed by atoms with van der Waals surface area (Å²) in [4.78, 5) is 0. The lowest BCUT2D eigenvalue weighted by atomic mass is 9.63. The van der Waals surface area contributed by atoms with Crippen LogP contribution in [-0.2, 0) is 5.54 Å². The second kappa shape index (κ2) is 3.93. The molecule has 2 saturated carbocycles. The van der Waals surface area contributed by atoms with Gasteiger partial charge in [0.05, 0.1) is 6.21 Å². The van der Waals surface area contributed by atoms with E-state index in [9.17, 15) is 0 Å². The molecule has 0 radical (unpaired) electrons. The van der Waals surface area contributed by atoms with Crippen molar-refractivity contribution in [3.63, 3.8) is 0 Å². The van der Waals surface area contributed by atoms with E-state index in [1.165, 1.54) is 24.8 Å². The van der Waals surface area contributed by atoms with Gasteiger partial charge in [-0.15, -0.1) is 0 Å². The molecule has 110 valence electrons. The van der Waals surface area contributed by atoms with Gasteiger partial charge in [-0.25, -0.2) is 0 Å². The Morgan fingerprint density at radius 2 is 1.86 bits per heavy atom. The summed E-state index contributed by atoms with van der Waals surface area (Å²) in [6.45, 7) is 4.58. The fraction of sp³-hybridized carbons (Fsp3) is 0.588. The Morgan fingerprint density at radius 1 is 1.14 bits per heavy atom. The van der Waals surface area contributed by atoms with Crippen LogP contribution >= 0.6 is 0 Å². The summed E-state index contributed by atoms with van der Waals surface area (Å²) in [6, 6.07) is 10.7. The molecular weight excluding hydrogens is 260 g/mol. The van der Waals surface area contributed by atoms with Gasteiger partial charge in [-0.05, 0) is 30.2 Å². The molecule has 3 aliphatic rings. The number of nitrogens with two attached hydrogens (primary N) is 1. The minimum Gasteiger partial charge on any atom is -0.324 e. The molecule has 4 heteroatoms. The third-order valence-electron chi connectivity index (χ3n) is 6.43. The Morgan fingerprint density at radius 3 is 2.57 bits per heavy atom. The van der Waals surface area contributed by atoms with Crippen molar-refractivity contribution < 1.29 is 0 Å². The van der Waals surface area contributed by atoms with E-state index >= 15 is 0 Å². The van der Waals surface area contributed by atoms with Crippen LogP contribution in [0, 0.1) is 17.3 Å². The van der Waals surface area contributed by atoms with Crippen molar-refractivity contribution in [2.24, 2.45) is 38.4 Å². The van der Waals surface area contributed by atoms with Crippen LogP contribution in [0.4, 0.5) is 0 Å². The van der Waals surface area contributed by atoms with Gasteiger partial charge < -0.3 is 5.84 Å². The Kier molecular flexibility index (Phi) is 2.43. The average Bonchev–Trinajstić information content (AvgIpc) is 3.09. The quantitative estimate of drug-likeness (QED) is 0.504. The van der Waals surface area contributed by atoms with Crippen molar-refractivity contribution >= 4 is 6.21 Å². The number of nitrogens with zero attached hydrogens (tertiary/aromatic N) is 3. The number of benzene rings is 1. The number of hydrazone groups is 1. The molecule has 2 bridgehead atoms. The molecule has 21 heavy (non-hydrogen) atoms. The van der Waals surface area contributed by atoms with Crippen LogP contribution in [0.25, 0.3) is 0 Å². The zero-order valence-electron chi connectivity index (χ0n) is 12.7. The normalized spacial score (nSPS) is 42.8. The highest BCUT2D eigenvalue weighted by Gasteiger charge is 2.77. The fourth-order valence-electron chi connectivity index (χ4n) is 5.50. The van der Waals surface area contributed by atoms with Crippen LogP contribution < -0.4 is 5.84 Å². The number of rotatable bonds is 2. The van der Waals surface area contributed by atoms with E-state index < -0.39 is 0 Å². The SMILES string of the molecule is CC1(C)[C@]2(/C=N/N)N=N[C@@]1(c1ccccc1)[C@H]1CCC[C@H]12. The summed E-state index contributed by atoms with van der Waals surface area (Å²) >= 11 is 0. The minimum absolute atomic E-state index is 0.0972. The topological polar surface area (TPSA) is 63.1 Å². The highest BCUT2D eigenvalue weighted by molar-refractivity contribution is 5.76. The Hall–Kier alpha value is -1.71. The average molecular weight is 282 g/mol. The van der Waals surface area contributed by atoms with E-state index in [0.29, 0.717) is 11.8 Å². The van der Waals surface area contributed by atoms with Gasteiger partial charge in [0.1, 0.15) is 11.1 Å². The van der Waals surface area contributed by atoms with Crippen LogP contribution in [0.3, 0.4) is 0 Å². The van der Waals surface area contributed by atoms with Gasteiger partial charge in [0, 0.05) is 5.41 Å². The summed E-state index contributed by atoms with van der Waals surface area (Å²) in [5, 5.41) is 13.5. The predicted octanol–water partition coefficient (Wildman–Crippen LogP) is 3.49.